The van der Waals surface area contributed by atoms with Gasteiger partial charge in [0.15, 0.2) is 0 Å². The van der Waals surface area contributed by atoms with Crippen LogP contribution in [0.25, 0.3) is 10.2 Å². The molecular weight excluding hydrogens is 318 g/mol. The molecule has 2 aromatic rings. The van der Waals surface area contributed by atoms with Crippen molar-refractivity contribution in [1.82, 2.24) is 9.13 Å². The van der Waals surface area contributed by atoms with Gasteiger partial charge >= 0.3 is 5.69 Å². The zero-order chi connectivity index (χ0) is 16.7. The van der Waals surface area contributed by atoms with E-state index in [-0.39, 0.29) is 0 Å². The van der Waals surface area contributed by atoms with Gasteiger partial charge in [0.2, 0.25) is 0 Å². The second-order valence-electron chi connectivity index (χ2n) is 6.19. The summed E-state index contributed by atoms with van der Waals surface area (Å²) in [6.07, 6.45) is 2.73. The lowest BCUT2D eigenvalue weighted by atomic mass is 10.2. The molecule has 0 fully saturated rings. The van der Waals surface area contributed by atoms with Crippen LogP contribution in [0, 0.1) is 0 Å². The molecule has 1 aliphatic rings. The molecule has 23 heavy (non-hydrogen) atoms. The summed E-state index contributed by atoms with van der Waals surface area (Å²) in [6.45, 7) is 0.457. The molecule has 0 unspecified atom stereocenters. The number of likely N-dealkylation sites (N-methyl/N-ethyl adjacent to an activating group) is 1. The number of hydrogen-bond donors (Lipinski definition) is 1. The van der Waals surface area contributed by atoms with E-state index in [1.807, 2.05) is 14.1 Å². The van der Waals surface area contributed by atoms with Crippen LogP contribution in [0.5, 0.6) is 0 Å². The van der Waals surface area contributed by atoms with Gasteiger partial charge in [0.1, 0.15) is 4.83 Å². The summed E-state index contributed by atoms with van der Waals surface area (Å²) in [5.74, 6) is -1.43. The molecule has 0 saturated carbocycles. The topological polar surface area (TPSA) is 88.6 Å². The number of carbonyl (C=O) groups is 1. The standard InChI is InChI=1S/C15H19N3O4S/c1-16(2)6-7-17-14-12(9-4-3-5-10(9)23-14)13(21)18(15(17)22)8-11(19)20/h3-8H2,1-2H3,(H,19,20). The number of carbonyl (C=O) groups excluding carboxylic acids is 1. The van der Waals surface area contributed by atoms with Crippen molar-refractivity contribution in [3.63, 3.8) is 0 Å². The van der Waals surface area contributed by atoms with Gasteiger partial charge < -0.3 is 14.8 Å². The van der Waals surface area contributed by atoms with Crippen LogP contribution in [-0.2, 0) is 30.7 Å². The molecule has 0 aliphatic heterocycles. The van der Waals surface area contributed by atoms with E-state index >= 15 is 0 Å². The molecule has 0 atom stereocenters. The van der Waals surface area contributed by atoms with E-state index < -0.39 is 23.8 Å². The Balaban J connectivity index is 2.29. The van der Waals surface area contributed by atoms with Crippen LogP contribution in [0.15, 0.2) is 9.59 Å². The molecule has 7 nitrogen and oxygen atoms in total. The van der Waals surface area contributed by atoms with Gasteiger partial charge in [0, 0.05) is 4.88 Å². The molecule has 2 heterocycles. The van der Waals surface area contributed by atoms with Gasteiger partial charge in [0.05, 0.1) is 45.1 Å². The highest BCUT2D eigenvalue weighted by atomic mass is 32.1. The van der Waals surface area contributed by atoms with Gasteiger partial charge in [-0.25, -0.2) is 4.79 Å². The van der Waals surface area contributed by atoms with Crippen LogP contribution in [-0.4, -0.2) is 35.7 Å². The quantitative estimate of drug-likeness (QED) is 0.659. The number of aliphatic carboxylic acids is 1. The minimum absolute atomic E-state index is 0.449. The number of hydrogen-bond acceptors (Lipinski definition) is 5. The Labute approximate surface area is 136 Å². The van der Waals surface area contributed by atoms with Gasteiger partial charge in [-0.3, -0.25) is 13.9 Å². The number of aryl methyl sites for hydroxylation is 2. The zero-order valence-electron chi connectivity index (χ0n) is 13.2. The molecule has 8 heteroatoms. The predicted molar refractivity (Wildman–Crippen MR) is 85.1 cm³/mol. The van der Waals surface area contributed by atoms with Crippen molar-refractivity contribution < 1.29 is 14.8 Å². The number of thiophene rings is 1. The van der Waals surface area contributed by atoms with E-state index in [4.69, 9.17) is 0 Å². The van der Waals surface area contributed by atoms with E-state index in [2.05, 4.69) is 0 Å². The Morgan fingerprint density at radius 2 is 2.00 bits per heavy atom. The lowest BCUT2D eigenvalue weighted by Crippen LogP contribution is -3.06. The predicted octanol–water partition coefficient (Wildman–Crippen LogP) is -2.39. The third-order valence-electron chi connectivity index (χ3n) is 4.19. The molecule has 1 N–H and O–H groups in total. The Hall–Kier alpha value is -1.93. The second kappa shape index (κ2) is 5.93. The Bertz CT molecular complexity index is 891. The van der Waals surface area contributed by atoms with Crippen molar-refractivity contribution in [2.24, 2.45) is 0 Å². The van der Waals surface area contributed by atoms with E-state index in [9.17, 15) is 19.5 Å². The summed E-state index contributed by atoms with van der Waals surface area (Å²) in [7, 11) is 3.96. The molecule has 0 bridgehead atoms. The number of quaternary nitrogens is 1. The molecule has 0 spiro atoms. The van der Waals surface area contributed by atoms with Crippen LogP contribution in [0.2, 0.25) is 0 Å². The van der Waals surface area contributed by atoms with Crippen LogP contribution in [0.3, 0.4) is 0 Å². The molecule has 0 amide bonds. The highest BCUT2D eigenvalue weighted by Gasteiger charge is 2.24. The van der Waals surface area contributed by atoms with Crippen molar-refractivity contribution in [3.8, 4) is 0 Å². The lowest BCUT2D eigenvalue weighted by Gasteiger charge is -2.14. The monoisotopic (exact) mass is 337 g/mol. The molecule has 124 valence electrons. The smallest absolute Gasteiger partial charge is 0.332 e. The average molecular weight is 337 g/mol. The van der Waals surface area contributed by atoms with E-state index in [1.54, 1.807) is 4.57 Å². The van der Waals surface area contributed by atoms with Crippen LogP contribution >= 0.6 is 11.3 Å². The number of fused-ring (bicyclic) bond motifs is 3. The number of nitrogens with zero attached hydrogens (tertiary/aromatic N) is 2. The van der Waals surface area contributed by atoms with E-state index in [1.165, 1.54) is 16.2 Å². The highest BCUT2D eigenvalue weighted by molar-refractivity contribution is 7.18. The fourth-order valence-corrected chi connectivity index (χ4v) is 4.46. The van der Waals surface area contributed by atoms with Crippen molar-refractivity contribution in [2.75, 3.05) is 20.6 Å². The fourth-order valence-electron chi connectivity index (χ4n) is 3.06. The minimum Gasteiger partial charge on any atom is -0.548 e. The second-order valence-corrected chi connectivity index (χ2v) is 7.28. The van der Waals surface area contributed by atoms with Gasteiger partial charge in [-0.2, -0.15) is 0 Å². The van der Waals surface area contributed by atoms with E-state index in [0.29, 0.717) is 23.3 Å². The SMILES string of the molecule is C[NH+](C)CCn1c(=O)n(CC(=O)[O-])c(=O)c2c3c(sc21)CCC3. The molecule has 1 aliphatic carbocycles. The maximum Gasteiger partial charge on any atom is 0.332 e. The third kappa shape index (κ3) is 2.72. The lowest BCUT2D eigenvalue weighted by molar-refractivity contribution is -0.858. The number of carboxylic acids is 1. The van der Waals surface area contributed by atoms with Gasteiger partial charge in [-0.15, -0.1) is 11.3 Å². The first-order valence-electron chi connectivity index (χ1n) is 7.67. The van der Waals surface area contributed by atoms with Gasteiger partial charge in [0.25, 0.3) is 5.56 Å². The number of nitrogens with one attached hydrogen (secondary N) is 1. The fraction of sp³-hybridized carbons (Fsp3) is 0.533. The van der Waals surface area contributed by atoms with Crippen molar-refractivity contribution in [3.05, 3.63) is 31.3 Å². The minimum atomic E-state index is -1.43. The van der Waals surface area contributed by atoms with Crippen molar-refractivity contribution in [2.45, 2.75) is 32.4 Å². The van der Waals surface area contributed by atoms with Crippen LogP contribution in [0.1, 0.15) is 16.9 Å². The largest absolute Gasteiger partial charge is 0.548 e. The maximum atomic E-state index is 12.7. The first kappa shape index (κ1) is 15.9. The summed E-state index contributed by atoms with van der Waals surface area (Å²) < 4.78 is 2.35. The van der Waals surface area contributed by atoms with Crippen molar-refractivity contribution in [1.29, 1.82) is 0 Å². The van der Waals surface area contributed by atoms with E-state index in [0.717, 1.165) is 34.3 Å². The van der Waals surface area contributed by atoms with Gasteiger partial charge in [-0.1, -0.05) is 0 Å². The van der Waals surface area contributed by atoms with Crippen molar-refractivity contribution >= 4 is 27.5 Å². The van der Waals surface area contributed by atoms with Crippen LogP contribution in [0.4, 0.5) is 0 Å². The first-order valence-corrected chi connectivity index (χ1v) is 8.48. The molecule has 0 radical (unpaired) electrons. The molecular formula is C15H19N3O4S. The first-order chi connectivity index (χ1) is 10.9. The Morgan fingerprint density at radius 3 is 2.65 bits per heavy atom. The maximum absolute atomic E-state index is 12.7. The van der Waals surface area contributed by atoms with Crippen LogP contribution < -0.4 is 21.3 Å². The summed E-state index contributed by atoms with van der Waals surface area (Å²) in [5, 5.41) is 11.5. The molecule has 0 saturated heterocycles. The number of rotatable bonds is 5. The molecule has 0 aromatic carbocycles. The third-order valence-corrected chi connectivity index (χ3v) is 5.51. The average Bonchev–Trinajstić information content (AvgIpc) is 3.03. The molecule has 2 aromatic heterocycles. The number of carboxylic acid groups (broad SMARTS) is 1. The Kier molecular flexibility index (Phi) is 4.11. The Morgan fingerprint density at radius 1 is 1.26 bits per heavy atom. The summed E-state index contributed by atoms with van der Waals surface area (Å²) >= 11 is 1.50. The highest BCUT2D eigenvalue weighted by Crippen LogP contribution is 2.34. The normalized spacial score (nSPS) is 13.9. The summed E-state index contributed by atoms with van der Waals surface area (Å²) in [5.41, 5.74) is -0.0667. The zero-order valence-corrected chi connectivity index (χ0v) is 14.0. The summed E-state index contributed by atoms with van der Waals surface area (Å²) in [6, 6.07) is 0. The van der Waals surface area contributed by atoms with Gasteiger partial charge in [-0.05, 0) is 24.8 Å². The number of aromatic nitrogens is 2. The molecule has 3 rings (SSSR count). The summed E-state index contributed by atoms with van der Waals surface area (Å²) in [4.78, 5) is 39.2.